The first-order valence-corrected chi connectivity index (χ1v) is 11.5. The Labute approximate surface area is 179 Å². The Balaban J connectivity index is 1.46. The molecule has 0 amide bonds. The van der Waals surface area contributed by atoms with Crippen LogP contribution in [0.25, 0.3) is 6.08 Å². The summed E-state index contributed by atoms with van der Waals surface area (Å²) in [6, 6.07) is 15.1. The van der Waals surface area contributed by atoms with Crippen molar-refractivity contribution in [3.8, 4) is 11.5 Å². The number of benzene rings is 2. The zero-order valence-electron chi connectivity index (χ0n) is 17.5. The van der Waals surface area contributed by atoms with Crippen LogP contribution in [0.5, 0.6) is 11.5 Å². The summed E-state index contributed by atoms with van der Waals surface area (Å²) in [5, 5.41) is 1.30. The van der Waals surface area contributed by atoms with Crippen LogP contribution in [0, 0.1) is 5.92 Å². The summed E-state index contributed by atoms with van der Waals surface area (Å²) in [6.07, 6.45) is 3.23. The van der Waals surface area contributed by atoms with E-state index in [0.29, 0.717) is 32.2 Å². The van der Waals surface area contributed by atoms with Crippen molar-refractivity contribution in [1.29, 1.82) is 0 Å². The lowest BCUT2D eigenvalue weighted by Crippen LogP contribution is -2.38. The van der Waals surface area contributed by atoms with E-state index in [0.717, 1.165) is 35.5 Å². The molecule has 1 saturated heterocycles. The first-order valence-electron chi connectivity index (χ1n) is 10.0. The third-order valence-corrected chi connectivity index (χ3v) is 6.76. The summed E-state index contributed by atoms with van der Waals surface area (Å²) in [5.41, 5.74) is 1.86. The molecular weight excluding hydrogens is 402 g/mol. The van der Waals surface area contributed by atoms with Gasteiger partial charge in [-0.15, -0.1) is 0 Å². The molecule has 0 aromatic heterocycles. The predicted octanol–water partition coefficient (Wildman–Crippen LogP) is 3.93. The minimum Gasteiger partial charge on any atom is -0.497 e. The van der Waals surface area contributed by atoms with Gasteiger partial charge in [0.25, 0.3) is 0 Å². The van der Waals surface area contributed by atoms with Crippen LogP contribution in [-0.4, -0.2) is 46.6 Å². The average molecular weight is 432 g/mol. The van der Waals surface area contributed by atoms with Crippen molar-refractivity contribution in [3.63, 3.8) is 0 Å². The van der Waals surface area contributed by atoms with Crippen molar-refractivity contribution >= 4 is 16.1 Å². The molecule has 1 aliphatic heterocycles. The number of nitrogens with zero attached hydrogens (tertiary/aromatic N) is 1. The number of sulfonamides is 1. The summed E-state index contributed by atoms with van der Waals surface area (Å²) >= 11 is 0. The molecular formula is C23H29NO5S. The van der Waals surface area contributed by atoms with E-state index in [4.69, 9.17) is 14.2 Å². The highest BCUT2D eigenvalue weighted by Gasteiger charge is 2.26. The SMILES string of the molecule is COc1cc(COCC2CCN(S(=O)(=O)/C=C/c3ccccc3)CC2)cc(OC)c1. The fraction of sp³-hybridized carbons (Fsp3) is 0.391. The normalized spacial score (nSPS) is 16.1. The van der Waals surface area contributed by atoms with Gasteiger partial charge in [0.15, 0.2) is 0 Å². The third kappa shape index (κ3) is 6.32. The van der Waals surface area contributed by atoms with Crippen LogP contribution in [0.3, 0.4) is 0 Å². The van der Waals surface area contributed by atoms with Crippen LogP contribution in [0.1, 0.15) is 24.0 Å². The maximum atomic E-state index is 12.6. The van der Waals surface area contributed by atoms with E-state index in [1.807, 2.05) is 48.5 Å². The Morgan fingerprint density at radius 3 is 2.23 bits per heavy atom. The highest BCUT2D eigenvalue weighted by molar-refractivity contribution is 7.92. The molecule has 162 valence electrons. The number of methoxy groups -OCH3 is 2. The van der Waals surface area contributed by atoms with Crippen LogP contribution in [-0.2, 0) is 21.4 Å². The lowest BCUT2D eigenvalue weighted by atomic mass is 9.99. The fourth-order valence-electron chi connectivity index (χ4n) is 3.44. The summed E-state index contributed by atoms with van der Waals surface area (Å²) in [6.45, 7) is 2.10. The van der Waals surface area contributed by atoms with E-state index in [2.05, 4.69) is 0 Å². The van der Waals surface area contributed by atoms with Gasteiger partial charge in [-0.2, -0.15) is 4.31 Å². The molecule has 0 saturated carbocycles. The van der Waals surface area contributed by atoms with Crippen molar-refractivity contribution in [1.82, 2.24) is 4.31 Å². The maximum absolute atomic E-state index is 12.6. The van der Waals surface area contributed by atoms with Gasteiger partial charge in [0.1, 0.15) is 11.5 Å². The number of hydrogen-bond donors (Lipinski definition) is 0. The molecule has 2 aromatic carbocycles. The first-order chi connectivity index (χ1) is 14.5. The van der Waals surface area contributed by atoms with Gasteiger partial charge in [-0.25, -0.2) is 8.42 Å². The first kappa shape index (κ1) is 22.3. The van der Waals surface area contributed by atoms with E-state index in [1.165, 1.54) is 5.41 Å². The smallest absolute Gasteiger partial charge is 0.236 e. The molecule has 6 nitrogen and oxygen atoms in total. The quantitative estimate of drug-likeness (QED) is 0.602. The zero-order valence-corrected chi connectivity index (χ0v) is 18.3. The lowest BCUT2D eigenvalue weighted by molar-refractivity contribution is 0.0687. The highest BCUT2D eigenvalue weighted by atomic mass is 32.2. The third-order valence-electron chi connectivity index (χ3n) is 5.20. The molecule has 1 heterocycles. The molecule has 1 fully saturated rings. The number of hydrogen-bond acceptors (Lipinski definition) is 5. The van der Waals surface area contributed by atoms with E-state index >= 15 is 0 Å². The molecule has 0 atom stereocenters. The number of ether oxygens (including phenoxy) is 3. The summed E-state index contributed by atoms with van der Waals surface area (Å²) < 4.78 is 43.1. The number of rotatable bonds is 9. The van der Waals surface area contributed by atoms with Crippen molar-refractivity contribution in [3.05, 3.63) is 65.1 Å². The fourth-order valence-corrected chi connectivity index (χ4v) is 4.66. The van der Waals surface area contributed by atoms with Gasteiger partial charge in [-0.1, -0.05) is 30.3 Å². The minimum atomic E-state index is -3.40. The molecule has 3 rings (SSSR count). The van der Waals surface area contributed by atoms with Gasteiger partial charge in [-0.3, -0.25) is 0 Å². The Kier molecular flexibility index (Phi) is 7.90. The second-order valence-electron chi connectivity index (χ2n) is 7.34. The molecule has 7 heteroatoms. The van der Waals surface area contributed by atoms with Crippen LogP contribution in [0.4, 0.5) is 0 Å². The van der Waals surface area contributed by atoms with Gasteiger partial charge >= 0.3 is 0 Å². The second-order valence-corrected chi connectivity index (χ2v) is 9.16. The van der Waals surface area contributed by atoms with Crippen molar-refractivity contribution in [2.24, 2.45) is 5.92 Å². The van der Waals surface area contributed by atoms with Crippen LogP contribution >= 0.6 is 0 Å². The molecule has 1 aliphatic rings. The molecule has 0 radical (unpaired) electrons. The summed E-state index contributed by atoms with van der Waals surface area (Å²) in [4.78, 5) is 0. The van der Waals surface area contributed by atoms with Crippen LogP contribution < -0.4 is 9.47 Å². The van der Waals surface area contributed by atoms with Crippen molar-refractivity contribution in [2.45, 2.75) is 19.4 Å². The Morgan fingerprint density at radius 2 is 1.63 bits per heavy atom. The standard InChI is InChI=1S/C23H29NO5S/c1-27-22-14-21(15-23(16-22)28-2)18-29-17-20-8-11-24(12-9-20)30(25,26)13-10-19-6-4-3-5-7-19/h3-7,10,13-16,20H,8-9,11-12,17-18H2,1-2H3/b13-10+. The zero-order chi connectivity index (χ0) is 21.4. The molecule has 30 heavy (non-hydrogen) atoms. The van der Waals surface area contributed by atoms with Crippen LogP contribution in [0.2, 0.25) is 0 Å². The van der Waals surface area contributed by atoms with E-state index in [-0.39, 0.29) is 0 Å². The second kappa shape index (κ2) is 10.6. The van der Waals surface area contributed by atoms with Gasteiger partial charge in [0, 0.05) is 31.2 Å². The van der Waals surface area contributed by atoms with Gasteiger partial charge in [0.05, 0.1) is 20.8 Å². The van der Waals surface area contributed by atoms with Crippen molar-refractivity contribution < 1.29 is 22.6 Å². The topological polar surface area (TPSA) is 65.1 Å². The molecule has 0 N–H and O–H groups in total. The molecule has 0 spiro atoms. The van der Waals surface area contributed by atoms with Crippen LogP contribution in [0.15, 0.2) is 53.9 Å². The molecule has 0 aliphatic carbocycles. The monoisotopic (exact) mass is 431 g/mol. The molecule has 0 unspecified atom stereocenters. The Hall–Kier alpha value is -2.35. The van der Waals surface area contributed by atoms with Crippen molar-refractivity contribution in [2.75, 3.05) is 33.9 Å². The maximum Gasteiger partial charge on any atom is 0.236 e. The Bertz CT molecular complexity index is 913. The highest BCUT2D eigenvalue weighted by Crippen LogP contribution is 2.24. The summed E-state index contributed by atoms with van der Waals surface area (Å²) in [7, 11) is -0.157. The summed E-state index contributed by atoms with van der Waals surface area (Å²) in [5.74, 6) is 1.81. The van der Waals surface area contributed by atoms with Gasteiger partial charge in [-0.05, 0) is 48.1 Å². The van der Waals surface area contributed by atoms with Gasteiger partial charge < -0.3 is 14.2 Å². The van der Waals surface area contributed by atoms with E-state index < -0.39 is 10.0 Å². The Morgan fingerprint density at radius 1 is 1.00 bits per heavy atom. The lowest BCUT2D eigenvalue weighted by Gasteiger charge is -2.30. The van der Waals surface area contributed by atoms with E-state index in [9.17, 15) is 8.42 Å². The predicted molar refractivity (Wildman–Crippen MR) is 118 cm³/mol. The van der Waals surface area contributed by atoms with E-state index in [1.54, 1.807) is 24.6 Å². The largest absolute Gasteiger partial charge is 0.497 e. The van der Waals surface area contributed by atoms with Gasteiger partial charge in [0.2, 0.25) is 10.0 Å². The number of piperidine rings is 1. The molecule has 0 bridgehead atoms. The average Bonchev–Trinajstić information content (AvgIpc) is 2.78. The minimum absolute atomic E-state index is 0.349. The molecule has 2 aromatic rings.